The van der Waals surface area contributed by atoms with Crippen molar-refractivity contribution in [1.82, 2.24) is 14.9 Å². The second kappa shape index (κ2) is 4.94. The molecule has 0 radical (unpaired) electrons. The zero-order chi connectivity index (χ0) is 12.4. The normalized spacial score (nSPS) is 17.3. The lowest BCUT2D eigenvalue weighted by molar-refractivity contribution is 0.519. The maximum atomic E-state index is 4.37. The quantitative estimate of drug-likeness (QED) is 0.870. The van der Waals surface area contributed by atoms with Crippen molar-refractivity contribution in [2.45, 2.75) is 32.4 Å². The number of hydrogen-bond donors (Lipinski definition) is 1. The lowest BCUT2D eigenvalue weighted by Crippen LogP contribution is -2.29. The zero-order valence-corrected chi connectivity index (χ0v) is 10.8. The van der Waals surface area contributed by atoms with Crippen molar-refractivity contribution in [2.75, 3.05) is 6.54 Å². The Kier molecular flexibility index (Phi) is 3.15. The number of aromatic nitrogens is 2. The summed E-state index contributed by atoms with van der Waals surface area (Å²) < 4.78 is 2.18. The smallest absolute Gasteiger partial charge is 0.122 e. The maximum absolute atomic E-state index is 4.37. The summed E-state index contributed by atoms with van der Waals surface area (Å²) in [6, 6.07) is 8.74. The van der Waals surface area contributed by atoms with Crippen LogP contribution in [0.25, 0.3) is 0 Å². The zero-order valence-electron chi connectivity index (χ0n) is 10.8. The number of benzene rings is 1. The third-order valence-electron chi connectivity index (χ3n) is 3.78. The minimum Gasteiger partial charge on any atom is -0.334 e. The lowest BCUT2D eigenvalue weighted by Gasteiger charge is -2.30. The first kappa shape index (κ1) is 11.5. The average Bonchev–Trinajstić information content (AvgIpc) is 2.82. The second-order valence-corrected chi connectivity index (χ2v) is 4.86. The monoisotopic (exact) mass is 241 g/mol. The van der Waals surface area contributed by atoms with E-state index in [0.717, 1.165) is 25.5 Å². The van der Waals surface area contributed by atoms with Crippen molar-refractivity contribution in [3.8, 4) is 0 Å². The average molecular weight is 241 g/mol. The van der Waals surface area contributed by atoms with E-state index in [2.05, 4.69) is 46.1 Å². The van der Waals surface area contributed by atoms with Gasteiger partial charge >= 0.3 is 0 Å². The molecule has 3 rings (SSSR count). The molecule has 0 saturated carbocycles. The molecule has 1 aromatic heterocycles. The van der Waals surface area contributed by atoms with Crippen LogP contribution in [0, 0.1) is 0 Å². The standard InChI is InChI=1S/C15H19N3/c1-2-18-8-7-17-15(18)11-16-10-13-9-12-5-3-4-6-14(12)13/h3-8,13,16H,2,9-11H2,1H3. The van der Waals surface area contributed by atoms with Gasteiger partial charge in [0.2, 0.25) is 0 Å². The van der Waals surface area contributed by atoms with Crippen LogP contribution < -0.4 is 5.32 Å². The summed E-state index contributed by atoms with van der Waals surface area (Å²) >= 11 is 0. The fourth-order valence-electron chi connectivity index (χ4n) is 2.70. The molecule has 1 aromatic carbocycles. The van der Waals surface area contributed by atoms with Crippen LogP contribution in [0.5, 0.6) is 0 Å². The molecule has 0 saturated heterocycles. The minimum atomic E-state index is 0.686. The summed E-state index contributed by atoms with van der Waals surface area (Å²) in [6.07, 6.45) is 5.13. The lowest BCUT2D eigenvalue weighted by atomic mass is 9.78. The molecule has 0 amide bonds. The van der Waals surface area contributed by atoms with E-state index in [1.54, 1.807) is 0 Å². The molecular formula is C15H19N3. The van der Waals surface area contributed by atoms with Gasteiger partial charge in [0.05, 0.1) is 6.54 Å². The van der Waals surface area contributed by atoms with E-state index in [9.17, 15) is 0 Å². The predicted molar refractivity (Wildman–Crippen MR) is 72.5 cm³/mol. The van der Waals surface area contributed by atoms with Crippen LogP contribution in [0.1, 0.15) is 29.8 Å². The molecular weight excluding hydrogens is 222 g/mol. The maximum Gasteiger partial charge on any atom is 0.122 e. The van der Waals surface area contributed by atoms with Crippen molar-refractivity contribution in [1.29, 1.82) is 0 Å². The van der Waals surface area contributed by atoms with E-state index in [-0.39, 0.29) is 0 Å². The molecule has 1 aliphatic rings. The molecule has 2 aromatic rings. The van der Waals surface area contributed by atoms with Gasteiger partial charge in [-0.15, -0.1) is 0 Å². The first-order valence-electron chi connectivity index (χ1n) is 6.67. The molecule has 0 aliphatic heterocycles. The summed E-state index contributed by atoms with van der Waals surface area (Å²) in [5, 5.41) is 3.52. The van der Waals surface area contributed by atoms with Gasteiger partial charge < -0.3 is 9.88 Å². The summed E-state index contributed by atoms with van der Waals surface area (Å²) in [5.41, 5.74) is 3.03. The molecule has 0 bridgehead atoms. The van der Waals surface area contributed by atoms with Crippen LogP contribution in [-0.4, -0.2) is 16.1 Å². The molecule has 0 fully saturated rings. The van der Waals surface area contributed by atoms with Gasteiger partial charge in [-0.25, -0.2) is 4.98 Å². The summed E-state index contributed by atoms with van der Waals surface area (Å²) in [6.45, 7) is 5.05. The van der Waals surface area contributed by atoms with Gasteiger partial charge in [0.15, 0.2) is 0 Å². The highest BCUT2D eigenvalue weighted by atomic mass is 15.1. The highest BCUT2D eigenvalue weighted by Crippen LogP contribution is 2.33. The highest BCUT2D eigenvalue weighted by molar-refractivity contribution is 5.40. The first-order chi connectivity index (χ1) is 8.88. The Labute approximate surface area is 108 Å². The van der Waals surface area contributed by atoms with E-state index in [1.165, 1.54) is 17.5 Å². The van der Waals surface area contributed by atoms with Crippen LogP contribution in [0.15, 0.2) is 36.7 Å². The molecule has 1 heterocycles. The van der Waals surface area contributed by atoms with Crippen LogP contribution >= 0.6 is 0 Å². The number of hydrogen-bond acceptors (Lipinski definition) is 2. The minimum absolute atomic E-state index is 0.686. The predicted octanol–water partition coefficient (Wildman–Crippen LogP) is 2.33. The van der Waals surface area contributed by atoms with Gasteiger partial charge in [-0.2, -0.15) is 0 Å². The second-order valence-electron chi connectivity index (χ2n) is 4.86. The Morgan fingerprint density at radius 3 is 3.11 bits per heavy atom. The van der Waals surface area contributed by atoms with Crippen LogP contribution in [0.3, 0.4) is 0 Å². The Hall–Kier alpha value is -1.61. The number of rotatable bonds is 5. The van der Waals surface area contributed by atoms with E-state index in [4.69, 9.17) is 0 Å². The van der Waals surface area contributed by atoms with Crippen molar-refractivity contribution in [2.24, 2.45) is 0 Å². The SMILES string of the molecule is CCn1ccnc1CNCC1Cc2ccccc21. The number of imidazole rings is 1. The molecule has 3 nitrogen and oxygen atoms in total. The van der Waals surface area contributed by atoms with Crippen molar-refractivity contribution in [3.05, 3.63) is 53.6 Å². The Balaban J connectivity index is 1.52. The topological polar surface area (TPSA) is 29.9 Å². The van der Waals surface area contributed by atoms with Gasteiger partial charge in [0.25, 0.3) is 0 Å². The molecule has 1 atom stereocenters. The van der Waals surface area contributed by atoms with Crippen molar-refractivity contribution < 1.29 is 0 Å². The first-order valence-corrected chi connectivity index (χ1v) is 6.67. The van der Waals surface area contributed by atoms with Gasteiger partial charge in [-0.3, -0.25) is 0 Å². The molecule has 1 N–H and O–H groups in total. The number of nitrogens with zero attached hydrogens (tertiary/aromatic N) is 2. The van der Waals surface area contributed by atoms with E-state index in [1.807, 2.05) is 12.4 Å². The molecule has 0 spiro atoms. The van der Waals surface area contributed by atoms with E-state index >= 15 is 0 Å². The third kappa shape index (κ3) is 2.06. The van der Waals surface area contributed by atoms with Crippen molar-refractivity contribution in [3.63, 3.8) is 0 Å². The molecule has 1 unspecified atom stereocenters. The van der Waals surface area contributed by atoms with Gasteiger partial charge in [-0.1, -0.05) is 24.3 Å². The van der Waals surface area contributed by atoms with Gasteiger partial charge in [-0.05, 0) is 24.5 Å². The fraction of sp³-hybridized carbons (Fsp3) is 0.400. The molecule has 3 heteroatoms. The number of aryl methyl sites for hydroxylation is 1. The Morgan fingerprint density at radius 2 is 2.28 bits per heavy atom. The summed E-state index contributed by atoms with van der Waals surface area (Å²) in [4.78, 5) is 4.37. The largest absolute Gasteiger partial charge is 0.334 e. The van der Waals surface area contributed by atoms with Crippen LogP contribution in [0.2, 0.25) is 0 Å². The molecule has 18 heavy (non-hydrogen) atoms. The summed E-state index contributed by atoms with van der Waals surface area (Å²) in [5.74, 6) is 1.82. The molecule has 1 aliphatic carbocycles. The Morgan fingerprint density at radius 1 is 1.39 bits per heavy atom. The highest BCUT2D eigenvalue weighted by Gasteiger charge is 2.24. The molecule has 94 valence electrons. The summed E-state index contributed by atoms with van der Waals surface area (Å²) in [7, 11) is 0. The number of nitrogens with one attached hydrogen (secondary N) is 1. The third-order valence-corrected chi connectivity index (χ3v) is 3.78. The van der Waals surface area contributed by atoms with Gasteiger partial charge in [0.1, 0.15) is 5.82 Å². The van der Waals surface area contributed by atoms with Gasteiger partial charge in [0, 0.05) is 31.4 Å². The van der Waals surface area contributed by atoms with E-state index < -0.39 is 0 Å². The van der Waals surface area contributed by atoms with Crippen LogP contribution in [0.4, 0.5) is 0 Å². The fourth-order valence-corrected chi connectivity index (χ4v) is 2.70. The van der Waals surface area contributed by atoms with E-state index in [0.29, 0.717) is 5.92 Å². The van der Waals surface area contributed by atoms with Crippen LogP contribution in [-0.2, 0) is 19.5 Å². The Bertz CT molecular complexity index is 530. The number of fused-ring (bicyclic) bond motifs is 1. The van der Waals surface area contributed by atoms with Crippen molar-refractivity contribution >= 4 is 0 Å².